The monoisotopic (exact) mass is 474 g/mol. The molecule has 1 N–H and O–H groups in total. The predicted octanol–water partition coefficient (Wildman–Crippen LogP) is 2.52. The highest BCUT2D eigenvalue weighted by molar-refractivity contribution is 7.89. The van der Waals surface area contributed by atoms with Crippen molar-refractivity contribution in [1.82, 2.24) is 14.6 Å². The lowest BCUT2D eigenvalue weighted by Crippen LogP contribution is -2.55. The maximum absolute atomic E-state index is 14.2. The first-order chi connectivity index (χ1) is 15.4. The molecule has 0 saturated carbocycles. The fourth-order valence-electron chi connectivity index (χ4n) is 3.65. The molecule has 0 spiro atoms. The molecular weight excluding hydrogens is 451 g/mol. The Bertz CT molecular complexity index is 1150. The van der Waals surface area contributed by atoms with Gasteiger partial charge >= 0.3 is 0 Å². The van der Waals surface area contributed by atoms with Crippen molar-refractivity contribution in [3.8, 4) is 0 Å². The van der Waals surface area contributed by atoms with Gasteiger partial charge in [-0.3, -0.25) is 4.79 Å². The summed E-state index contributed by atoms with van der Waals surface area (Å²) in [5.41, 5.74) is 0.809. The van der Waals surface area contributed by atoms with E-state index < -0.39 is 26.8 Å². The molecule has 1 amide bonds. The zero-order chi connectivity index (χ0) is 22.6. The Kier molecular flexibility index (Phi) is 6.83. The van der Waals surface area contributed by atoms with Crippen LogP contribution in [0.15, 0.2) is 71.1 Å². The van der Waals surface area contributed by atoms with E-state index in [2.05, 4.69) is 14.6 Å². The Morgan fingerprint density at radius 1 is 1.06 bits per heavy atom. The molecule has 0 bridgehead atoms. The van der Waals surface area contributed by atoms with E-state index in [0.717, 1.165) is 16.8 Å². The molecule has 0 aliphatic carbocycles. The van der Waals surface area contributed by atoms with E-state index in [1.807, 2.05) is 35.7 Å². The van der Waals surface area contributed by atoms with Crippen molar-refractivity contribution < 1.29 is 17.6 Å². The lowest BCUT2D eigenvalue weighted by molar-refractivity contribution is -0.133. The maximum Gasteiger partial charge on any atom is 0.244 e. The highest BCUT2D eigenvalue weighted by Crippen LogP contribution is 2.20. The topological polar surface area (TPSA) is 82.6 Å². The van der Waals surface area contributed by atoms with Crippen LogP contribution in [-0.4, -0.2) is 56.4 Å². The minimum Gasteiger partial charge on any atom is -0.345 e. The molecule has 1 saturated heterocycles. The molecule has 7 nitrogen and oxygen atoms in total. The summed E-state index contributed by atoms with van der Waals surface area (Å²) in [6.45, 7) is 2.12. The number of anilines is 1. The third-order valence-corrected chi connectivity index (χ3v) is 7.62. The summed E-state index contributed by atoms with van der Waals surface area (Å²) >= 11 is 1.54. The van der Waals surface area contributed by atoms with E-state index in [4.69, 9.17) is 0 Å². The molecule has 168 valence electrons. The second kappa shape index (κ2) is 9.76. The molecule has 1 unspecified atom stereocenters. The predicted molar refractivity (Wildman–Crippen MR) is 122 cm³/mol. The van der Waals surface area contributed by atoms with Crippen molar-refractivity contribution in [3.05, 3.63) is 77.6 Å². The van der Waals surface area contributed by atoms with Gasteiger partial charge in [0, 0.05) is 37.8 Å². The van der Waals surface area contributed by atoms with Crippen molar-refractivity contribution in [2.24, 2.45) is 0 Å². The zero-order valence-corrected chi connectivity index (χ0v) is 18.9. The van der Waals surface area contributed by atoms with Crippen LogP contribution >= 0.6 is 11.3 Å². The Hall–Kier alpha value is -2.82. The number of hydrogen-bond donors (Lipinski definition) is 1. The molecule has 1 aliphatic heterocycles. The van der Waals surface area contributed by atoms with Crippen molar-refractivity contribution in [2.45, 2.75) is 17.4 Å². The Morgan fingerprint density at radius 2 is 1.75 bits per heavy atom. The van der Waals surface area contributed by atoms with Gasteiger partial charge in [-0.2, -0.15) is 4.72 Å². The third-order valence-electron chi connectivity index (χ3n) is 5.29. The quantitative estimate of drug-likeness (QED) is 0.569. The fraction of sp³-hybridized carbons (Fsp3) is 0.273. The molecule has 0 radical (unpaired) electrons. The number of sulfonamides is 1. The van der Waals surface area contributed by atoms with E-state index in [1.165, 1.54) is 29.5 Å². The van der Waals surface area contributed by atoms with E-state index >= 15 is 0 Å². The first-order valence-electron chi connectivity index (χ1n) is 10.2. The van der Waals surface area contributed by atoms with Crippen LogP contribution in [0.2, 0.25) is 0 Å². The summed E-state index contributed by atoms with van der Waals surface area (Å²) in [5, 5.41) is 2.80. The first-order valence-corrected chi connectivity index (χ1v) is 12.5. The summed E-state index contributed by atoms with van der Waals surface area (Å²) in [7, 11) is -4.23. The van der Waals surface area contributed by atoms with Crippen LogP contribution in [0.25, 0.3) is 0 Å². The van der Waals surface area contributed by atoms with Crippen LogP contribution in [0, 0.1) is 5.82 Å². The number of amides is 1. The number of carbonyl (C=O) groups excluding carboxylic acids is 1. The number of hydrogen-bond acceptors (Lipinski definition) is 6. The minimum atomic E-state index is -4.23. The maximum atomic E-state index is 14.2. The number of benzene rings is 2. The number of nitrogens with one attached hydrogen (secondary N) is 1. The van der Waals surface area contributed by atoms with Crippen LogP contribution in [0.5, 0.6) is 0 Å². The number of aromatic nitrogens is 1. The van der Waals surface area contributed by atoms with Gasteiger partial charge in [0.05, 0.1) is 0 Å². The van der Waals surface area contributed by atoms with Gasteiger partial charge in [-0.15, -0.1) is 11.3 Å². The van der Waals surface area contributed by atoms with Gasteiger partial charge in [0.2, 0.25) is 15.9 Å². The van der Waals surface area contributed by atoms with Gasteiger partial charge < -0.3 is 9.80 Å². The number of nitrogens with zero attached hydrogens (tertiary/aromatic N) is 3. The average Bonchev–Trinajstić information content (AvgIpc) is 3.34. The van der Waals surface area contributed by atoms with E-state index in [0.29, 0.717) is 26.2 Å². The van der Waals surface area contributed by atoms with E-state index in [9.17, 15) is 17.6 Å². The molecule has 1 fully saturated rings. The SMILES string of the molecule is O=C(C(Cc1ccccc1)NS(=O)(=O)c1ccccc1F)N1CCN(c2nccs2)CC1. The van der Waals surface area contributed by atoms with Crippen molar-refractivity contribution in [2.75, 3.05) is 31.1 Å². The second-order valence-electron chi connectivity index (χ2n) is 7.42. The lowest BCUT2D eigenvalue weighted by atomic mass is 10.1. The molecule has 4 rings (SSSR count). The van der Waals surface area contributed by atoms with Crippen LogP contribution in [0.1, 0.15) is 5.56 Å². The summed E-state index contributed by atoms with van der Waals surface area (Å²) in [4.78, 5) is 21.0. The number of rotatable bonds is 7. The molecule has 3 aromatic rings. The minimum absolute atomic E-state index is 0.167. The molecular formula is C22H23FN4O3S2. The largest absolute Gasteiger partial charge is 0.345 e. The number of halogens is 1. The van der Waals surface area contributed by atoms with Gasteiger partial charge in [0.1, 0.15) is 16.8 Å². The summed E-state index contributed by atoms with van der Waals surface area (Å²) < 4.78 is 42.4. The van der Waals surface area contributed by atoms with Gasteiger partial charge in [-0.1, -0.05) is 42.5 Å². The zero-order valence-electron chi connectivity index (χ0n) is 17.2. The number of piperazine rings is 1. The Labute approximate surface area is 190 Å². The summed E-state index contributed by atoms with van der Waals surface area (Å²) in [6, 6.07) is 13.3. The lowest BCUT2D eigenvalue weighted by Gasteiger charge is -2.36. The fourth-order valence-corrected chi connectivity index (χ4v) is 5.62. The first kappa shape index (κ1) is 22.4. The standard InChI is InChI=1S/C22H23FN4O3S2/c23-18-8-4-5-9-20(18)32(29,30)25-19(16-17-6-2-1-3-7-17)21(28)26-11-13-27(14-12-26)22-24-10-15-31-22/h1-10,15,19,25H,11-14,16H2. The molecule has 32 heavy (non-hydrogen) atoms. The number of thiazole rings is 1. The second-order valence-corrected chi connectivity index (χ2v) is 9.98. The van der Waals surface area contributed by atoms with Gasteiger partial charge in [-0.25, -0.2) is 17.8 Å². The molecule has 1 aromatic heterocycles. The Balaban J connectivity index is 1.53. The van der Waals surface area contributed by atoms with Crippen molar-refractivity contribution in [1.29, 1.82) is 0 Å². The summed E-state index contributed by atoms with van der Waals surface area (Å²) in [5.74, 6) is -1.18. The van der Waals surface area contributed by atoms with Crippen LogP contribution in [-0.2, 0) is 21.2 Å². The van der Waals surface area contributed by atoms with Crippen LogP contribution in [0.4, 0.5) is 9.52 Å². The third kappa shape index (κ3) is 5.14. The molecule has 1 aliphatic rings. The van der Waals surface area contributed by atoms with Gasteiger partial charge in [-0.05, 0) is 24.1 Å². The van der Waals surface area contributed by atoms with Crippen molar-refractivity contribution >= 4 is 32.4 Å². The van der Waals surface area contributed by atoms with Crippen molar-refractivity contribution in [3.63, 3.8) is 0 Å². The van der Waals surface area contributed by atoms with Gasteiger partial charge in [0.25, 0.3) is 0 Å². The number of carbonyl (C=O) groups is 1. The van der Waals surface area contributed by atoms with Crippen LogP contribution < -0.4 is 9.62 Å². The average molecular weight is 475 g/mol. The molecule has 1 atom stereocenters. The highest BCUT2D eigenvalue weighted by Gasteiger charge is 2.32. The smallest absolute Gasteiger partial charge is 0.244 e. The van der Waals surface area contributed by atoms with E-state index in [-0.39, 0.29) is 12.3 Å². The normalized spacial score (nSPS) is 15.5. The Morgan fingerprint density at radius 3 is 2.41 bits per heavy atom. The van der Waals surface area contributed by atoms with Crippen LogP contribution in [0.3, 0.4) is 0 Å². The molecule has 2 aromatic carbocycles. The molecule has 10 heteroatoms. The summed E-state index contributed by atoms with van der Waals surface area (Å²) in [6.07, 6.45) is 1.91. The molecule has 2 heterocycles. The van der Waals surface area contributed by atoms with Gasteiger partial charge in [0.15, 0.2) is 5.13 Å². The highest BCUT2D eigenvalue weighted by atomic mass is 32.2. The van der Waals surface area contributed by atoms with E-state index in [1.54, 1.807) is 11.1 Å².